The second kappa shape index (κ2) is 4.79. The summed E-state index contributed by atoms with van der Waals surface area (Å²) in [6.07, 6.45) is 1.06. The van der Waals surface area contributed by atoms with Gasteiger partial charge >= 0.3 is 0 Å². The average molecular weight is 195 g/mol. The third kappa shape index (κ3) is 2.69. The third-order valence-electron chi connectivity index (χ3n) is 2.67. The maximum Gasteiger partial charge on any atom is -0.0149 e. The summed E-state index contributed by atoms with van der Waals surface area (Å²) in [6.45, 7) is 2.26. The van der Waals surface area contributed by atoms with Crippen LogP contribution >= 0.6 is 0 Å². The van der Waals surface area contributed by atoms with Gasteiger partial charge in [-0.3, -0.25) is 0 Å². The van der Waals surface area contributed by atoms with Gasteiger partial charge in [0.05, 0.1) is 0 Å². The third-order valence-corrected chi connectivity index (χ3v) is 2.67. The van der Waals surface area contributed by atoms with E-state index in [0.29, 0.717) is 5.92 Å². The Morgan fingerprint density at radius 1 is 1.00 bits per heavy atom. The van der Waals surface area contributed by atoms with Crippen molar-refractivity contribution in [3.63, 3.8) is 0 Å². The van der Waals surface area contributed by atoms with Crippen molar-refractivity contribution in [2.24, 2.45) is 0 Å². The summed E-state index contributed by atoms with van der Waals surface area (Å²) in [6, 6.07) is 22.1. The highest BCUT2D eigenvalue weighted by Crippen LogP contribution is 2.19. The van der Waals surface area contributed by atoms with Crippen LogP contribution in [0.15, 0.2) is 54.6 Å². The van der Waals surface area contributed by atoms with Crippen molar-refractivity contribution in [1.82, 2.24) is 0 Å². The van der Waals surface area contributed by atoms with Gasteiger partial charge in [0.2, 0.25) is 0 Å². The van der Waals surface area contributed by atoms with Crippen LogP contribution in [0.1, 0.15) is 24.0 Å². The predicted octanol–water partition coefficient (Wildman–Crippen LogP) is 3.83. The van der Waals surface area contributed by atoms with E-state index < -0.39 is 0 Å². The molecule has 0 aliphatic heterocycles. The van der Waals surface area contributed by atoms with E-state index in [-0.39, 0.29) is 0 Å². The molecule has 0 heterocycles. The zero-order chi connectivity index (χ0) is 10.5. The van der Waals surface area contributed by atoms with Gasteiger partial charge in [0.25, 0.3) is 0 Å². The minimum absolute atomic E-state index is 0.560. The smallest absolute Gasteiger partial charge is 0.0149 e. The fraction of sp³-hybridized carbons (Fsp3) is 0.200. The zero-order valence-electron chi connectivity index (χ0n) is 8.98. The topological polar surface area (TPSA) is 0 Å². The summed E-state index contributed by atoms with van der Waals surface area (Å²) in [7, 11) is 0. The van der Waals surface area contributed by atoms with Crippen LogP contribution in [0.2, 0.25) is 0 Å². The predicted molar refractivity (Wildman–Crippen MR) is 63.8 cm³/mol. The molecule has 15 heavy (non-hydrogen) atoms. The Hall–Kier alpha value is -1.56. The monoisotopic (exact) mass is 195 g/mol. The SMILES string of the molecule is CC(Cc1[c]cccc1)c1ccccc1. The highest BCUT2D eigenvalue weighted by Gasteiger charge is 2.05. The summed E-state index contributed by atoms with van der Waals surface area (Å²) in [5.41, 5.74) is 2.68. The van der Waals surface area contributed by atoms with E-state index in [1.54, 1.807) is 0 Å². The summed E-state index contributed by atoms with van der Waals surface area (Å²) in [4.78, 5) is 0. The molecule has 0 aliphatic carbocycles. The van der Waals surface area contributed by atoms with Crippen LogP contribution in [0.3, 0.4) is 0 Å². The second-order valence-electron chi connectivity index (χ2n) is 3.90. The maximum atomic E-state index is 3.27. The van der Waals surface area contributed by atoms with E-state index in [9.17, 15) is 0 Å². The Morgan fingerprint density at radius 2 is 1.73 bits per heavy atom. The van der Waals surface area contributed by atoms with Gasteiger partial charge in [-0.2, -0.15) is 0 Å². The minimum Gasteiger partial charge on any atom is -0.0622 e. The molecular weight excluding hydrogens is 180 g/mol. The summed E-state index contributed by atoms with van der Waals surface area (Å²) >= 11 is 0. The van der Waals surface area contributed by atoms with Gasteiger partial charge < -0.3 is 0 Å². The van der Waals surface area contributed by atoms with Crippen LogP contribution in [0.4, 0.5) is 0 Å². The molecule has 1 atom stereocenters. The first-order valence-electron chi connectivity index (χ1n) is 5.37. The Morgan fingerprint density at radius 3 is 2.40 bits per heavy atom. The van der Waals surface area contributed by atoms with Gasteiger partial charge in [-0.25, -0.2) is 0 Å². The number of rotatable bonds is 3. The molecule has 0 spiro atoms. The summed E-state index contributed by atoms with van der Waals surface area (Å²) < 4.78 is 0. The molecule has 0 aromatic heterocycles. The van der Waals surface area contributed by atoms with Gasteiger partial charge in [0.1, 0.15) is 0 Å². The van der Waals surface area contributed by atoms with Crippen LogP contribution in [0.5, 0.6) is 0 Å². The zero-order valence-corrected chi connectivity index (χ0v) is 8.98. The Labute approximate surface area is 91.6 Å². The Bertz CT molecular complexity index is 389. The molecule has 0 N–H and O–H groups in total. The van der Waals surface area contributed by atoms with Crippen molar-refractivity contribution >= 4 is 0 Å². The van der Waals surface area contributed by atoms with Crippen LogP contribution in [-0.2, 0) is 6.42 Å². The Kier molecular flexibility index (Phi) is 3.18. The Balaban J connectivity index is 2.08. The van der Waals surface area contributed by atoms with E-state index >= 15 is 0 Å². The molecule has 0 saturated carbocycles. The van der Waals surface area contributed by atoms with E-state index in [0.717, 1.165) is 6.42 Å². The molecule has 0 bridgehead atoms. The standard InChI is InChI=1S/C15H15/c1-13(15-10-6-3-7-11-15)12-14-8-4-2-5-9-14/h2-8,10-11,13H,12H2,1H3. The normalized spacial score (nSPS) is 12.3. The highest BCUT2D eigenvalue weighted by atomic mass is 14.1. The second-order valence-corrected chi connectivity index (χ2v) is 3.90. The van der Waals surface area contributed by atoms with Gasteiger partial charge in [-0.1, -0.05) is 61.5 Å². The minimum atomic E-state index is 0.560. The first-order valence-corrected chi connectivity index (χ1v) is 5.37. The lowest BCUT2D eigenvalue weighted by Gasteiger charge is -2.11. The lowest BCUT2D eigenvalue weighted by molar-refractivity contribution is 0.758. The quantitative estimate of drug-likeness (QED) is 0.698. The van der Waals surface area contributed by atoms with Gasteiger partial charge in [0, 0.05) is 0 Å². The molecule has 1 radical (unpaired) electrons. The molecule has 2 aromatic carbocycles. The number of hydrogen-bond acceptors (Lipinski definition) is 0. The van der Waals surface area contributed by atoms with Gasteiger partial charge in [-0.15, -0.1) is 0 Å². The first-order chi connectivity index (χ1) is 7.36. The molecule has 0 nitrogen and oxygen atoms in total. The van der Waals surface area contributed by atoms with Crippen molar-refractivity contribution in [2.45, 2.75) is 19.3 Å². The van der Waals surface area contributed by atoms with E-state index in [2.05, 4.69) is 55.5 Å². The van der Waals surface area contributed by atoms with Crippen molar-refractivity contribution in [1.29, 1.82) is 0 Å². The fourth-order valence-electron chi connectivity index (χ4n) is 1.79. The molecule has 0 amide bonds. The number of benzene rings is 2. The van der Waals surface area contributed by atoms with E-state index in [1.807, 2.05) is 12.1 Å². The fourth-order valence-corrected chi connectivity index (χ4v) is 1.79. The van der Waals surface area contributed by atoms with Gasteiger partial charge in [0.15, 0.2) is 0 Å². The molecule has 75 valence electrons. The molecule has 2 aromatic rings. The molecular formula is C15H15. The van der Waals surface area contributed by atoms with Crippen molar-refractivity contribution < 1.29 is 0 Å². The maximum absolute atomic E-state index is 3.27. The molecule has 0 aliphatic rings. The van der Waals surface area contributed by atoms with Crippen LogP contribution < -0.4 is 0 Å². The average Bonchev–Trinajstić information content (AvgIpc) is 2.31. The highest BCUT2D eigenvalue weighted by molar-refractivity contribution is 5.22. The van der Waals surface area contributed by atoms with Gasteiger partial charge in [-0.05, 0) is 29.5 Å². The van der Waals surface area contributed by atoms with E-state index in [1.165, 1.54) is 11.1 Å². The van der Waals surface area contributed by atoms with Crippen molar-refractivity contribution in [3.8, 4) is 0 Å². The molecule has 0 saturated heterocycles. The summed E-state index contributed by atoms with van der Waals surface area (Å²) in [5, 5.41) is 0. The van der Waals surface area contributed by atoms with Crippen molar-refractivity contribution in [3.05, 3.63) is 71.8 Å². The van der Waals surface area contributed by atoms with Crippen LogP contribution in [-0.4, -0.2) is 0 Å². The van der Waals surface area contributed by atoms with E-state index in [4.69, 9.17) is 0 Å². The molecule has 2 rings (SSSR count). The van der Waals surface area contributed by atoms with Crippen LogP contribution in [0, 0.1) is 6.07 Å². The largest absolute Gasteiger partial charge is 0.0622 e. The number of hydrogen-bond donors (Lipinski definition) is 0. The molecule has 1 unspecified atom stereocenters. The lowest BCUT2D eigenvalue weighted by Crippen LogP contribution is -1.97. The first kappa shape index (κ1) is 9.97. The van der Waals surface area contributed by atoms with Crippen molar-refractivity contribution in [2.75, 3.05) is 0 Å². The molecule has 0 heteroatoms. The lowest BCUT2D eigenvalue weighted by atomic mass is 9.94. The summed E-state index contributed by atoms with van der Waals surface area (Å²) in [5.74, 6) is 0.560. The van der Waals surface area contributed by atoms with Crippen LogP contribution in [0.25, 0.3) is 0 Å². The molecule has 0 fully saturated rings.